The van der Waals surface area contributed by atoms with Gasteiger partial charge in [-0.3, -0.25) is 14.9 Å². The Labute approximate surface area is 135 Å². The maximum Gasteiger partial charge on any atom is 0.270 e. The van der Waals surface area contributed by atoms with Crippen LogP contribution >= 0.6 is 11.6 Å². The predicted octanol–water partition coefficient (Wildman–Crippen LogP) is 4.02. The molecule has 0 aromatic heterocycles. The van der Waals surface area contributed by atoms with Crippen molar-refractivity contribution in [3.8, 4) is 0 Å². The molecule has 0 heterocycles. The zero-order valence-corrected chi connectivity index (χ0v) is 12.6. The lowest BCUT2D eigenvalue weighted by Gasteiger charge is -2.15. The van der Waals surface area contributed by atoms with E-state index in [1.165, 1.54) is 18.2 Å². The smallest absolute Gasteiger partial charge is 0.270 e. The minimum absolute atomic E-state index is 0.0468. The standard InChI is InChI=1S/C15H11ClF2N2O3/c1-8(9-2-5-13(17)14(18)6-9)19-15(21)11-7-10(20(22)23)3-4-12(11)16/h2-8H,1H3,(H,19,21). The van der Waals surface area contributed by atoms with Gasteiger partial charge in [0, 0.05) is 12.1 Å². The van der Waals surface area contributed by atoms with Gasteiger partial charge in [-0.25, -0.2) is 8.78 Å². The first-order valence-corrected chi connectivity index (χ1v) is 6.87. The minimum atomic E-state index is -1.03. The molecule has 2 aromatic rings. The predicted molar refractivity (Wildman–Crippen MR) is 80.3 cm³/mol. The van der Waals surface area contributed by atoms with Crippen LogP contribution in [0.3, 0.4) is 0 Å². The van der Waals surface area contributed by atoms with Gasteiger partial charge in [0.05, 0.1) is 21.6 Å². The summed E-state index contributed by atoms with van der Waals surface area (Å²) in [6, 6.07) is 6.08. The molecule has 2 rings (SSSR count). The fourth-order valence-electron chi connectivity index (χ4n) is 1.94. The maximum absolute atomic E-state index is 13.2. The average Bonchev–Trinajstić information content (AvgIpc) is 2.49. The lowest BCUT2D eigenvalue weighted by atomic mass is 10.1. The number of non-ortho nitro benzene ring substituents is 1. The van der Waals surface area contributed by atoms with Gasteiger partial charge in [0.15, 0.2) is 11.6 Å². The fraction of sp³-hybridized carbons (Fsp3) is 0.133. The molecule has 120 valence electrons. The van der Waals surface area contributed by atoms with Crippen LogP contribution in [0.25, 0.3) is 0 Å². The summed E-state index contributed by atoms with van der Waals surface area (Å²) >= 11 is 5.88. The zero-order chi connectivity index (χ0) is 17.1. The Morgan fingerprint density at radius 2 is 1.91 bits per heavy atom. The van der Waals surface area contributed by atoms with Gasteiger partial charge in [-0.15, -0.1) is 0 Å². The van der Waals surface area contributed by atoms with E-state index in [-0.39, 0.29) is 16.3 Å². The van der Waals surface area contributed by atoms with Crippen LogP contribution in [0.5, 0.6) is 0 Å². The van der Waals surface area contributed by atoms with Crippen molar-refractivity contribution in [2.24, 2.45) is 0 Å². The molecule has 1 unspecified atom stereocenters. The number of hydrogen-bond acceptors (Lipinski definition) is 3. The Bertz CT molecular complexity index is 783. The summed E-state index contributed by atoms with van der Waals surface area (Å²) in [6.07, 6.45) is 0. The molecule has 0 spiro atoms. The molecule has 0 radical (unpaired) electrons. The van der Waals surface area contributed by atoms with Crippen LogP contribution in [0.15, 0.2) is 36.4 Å². The van der Waals surface area contributed by atoms with Gasteiger partial charge in [-0.05, 0) is 30.7 Å². The summed E-state index contributed by atoms with van der Waals surface area (Å²) in [7, 11) is 0. The first kappa shape index (κ1) is 16.8. The molecule has 0 fully saturated rings. The van der Waals surface area contributed by atoms with Crippen LogP contribution in [0, 0.1) is 21.7 Å². The monoisotopic (exact) mass is 340 g/mol. The summed E-state index contributed by atoms with van der Waals surface area (Å²) in [4.78, 5) is 22.3. The van der Waals surface area contributed by atoms with Gasteiger partial charge >= 0.3 is 0 Å². The Morgan fingerprint density at radius 3 is 2.52 bits per heavy atom. The van der Waals surface area contributed by atoms with Gasteiger partial charge in [-0.1, -0.05) is 17.7 Å². The number of nitrogens with one attached hydrogen (secondary N) is 1. The van der Waals surface area contributed by atoms with Crippen LogP contribution in [-0.2, 0) is 0 Å². The SMILES string of the molecule is CC(NC(=O)c1cc([N+](=O)[O-])ccc1Cl)c1ccc(F)c(F)c1. The second kappa shape index (κ2) is 6.70. The summed E-state index contributed by atoms with van der Waals surface area (Å²) in [5.41, 5.74) is -0.00543. The molecule has 0 aliphatic heterocycles. The summed E-state index contributed by atoms with van der Waals surface area (Å²) in [5.74, 6) is -2.68. The number of halogens is 3. The Kier molecular flexibility index (Phi) is 4.90. The lowest BCUT2D eigenvalue weighted by Crippen LogP contribution is -2.27. The van der Waals surface area contributed by atoms with Crippen molar-refractivity contribution in [2.45, 2.75) is 13.0 Å². The average molecular weight is 341 g/mol. The van der Waals surface area contributed by atoms with Gasteiger partial charge in [0.25, 0.3) is 11.6 Å². The number of nitrogens with zero attached hydrogens (tertiary/aromatic N) is 1. The van der Waals surface area contributed by atoms with Crippen LogP contribution in [0.4, 0.5) is 14.5 Å². The topological polar surface area (TPSA) is 72.2 Å². The Morgan fingerprint density at radius 1 is 1.22 bits per heavy atom. The van der Waals surface area contributed by atoms with Crippen molar-refractivity contribution in [1.82, 2.24) is 5.32 Å². The highest BCUT2D eigenvalue weighted by molar-refractivity contribution is 6.33. The van der Waals surface area contributed by atoms with Crippen molar-refractivity contribution >= 4 is 23.2 Å². The van der Waals surface area contributed by atoms with Crippen molar-refractivity contribution < 1.29 is 18.5 Å². The number of carbonyl (C=O) groups excluding carboxylic acids is 1. The van der Waals surface area contributed by atoms with Crippen molar-refractivity contribution in [2.75, 3.05) is 0 Å². The molecule has 0 bridgehead atoms. The van der Waals surface area contributed by atoms with E-state index in [1.54, 1.807) is 6.92 Å². The number of rotatable bonds is 4. The molecular weight excluding hydrogens is 330 g/mol. The molecular formula is C15H11ClF2N2O3. The Balaban J connectivity index is 2.22. The van der Waals surface area contributed by atoms with E-state index in [0.717, 1.165) is 18.2 Å². The largest absolute Gasteiger partial charge is 0.345 e. The molecule has 0 saturated heterocycles. The van der Waals surface area contributed by atoms with Crippen molar-refractivity contribution in [3.63, 3.8) is 0 Å². The molecule has 1 N–H and O–H groups in total. The van der Waals surface area contributed by atoms with E-state index in [2.05, 4.69) is 5.32 Å². The van der Waals surface area contributed by atoms with Crippen LogP contribution in [-0.4, -0.2) is 10.8 Å². The molecule has 1 amide bonds. The molecule has 2 aromatic carbocycles. The van der Waals surface area contributed by atoms with E-state index >= 15 is 0 Å². The van der Waals surface area contributed by atoms with Gasteiger partial charge in [-0.2, -0.15) is 0 Å². The van der Waals surface area contributed by atoms with Gasteiger partial charge in [0.2, 0.25) is 0 Å². The van der Waals surface area contributed by atoms with Crippen LogP contribution in [0.2, 0.25) is 5.02 Å². The summed E-state index contributed by atoms with van der Waals surface area (Å²) < 4.78 is 26.1. The lowest BCUT2D eigenvalue weighted by molar-refractivity contribution is -0.384. The third kappa shape index (κ3) is 3.81. The fourth-order valence-corrected chi connectivity index (χ4v) is 2.14. The third-order valence-electron chi connectivity index (χ3n) is 3.20. The third-order valence-corrected chi connectivity index (χ3v) is 3.53. The maximum atomic E-state index is 13.2. The molecule has 0 aliphatic rings. The van der Waals surface area contributed by atoms with E-state index in [1.807, 2.05) is 0 Å². The molecule has 5 nitrogen and oxygen atoms in total. The number of amides is 1. The summed E-state index contributed by atoms with van der Waals surface area (Å²) in [6.45, 7) is 1.57. The number of carbonyl (C=O) groups is 1. The normalized spacial score (nSPS) is 11.8. The van der Waals surface area contributed by atoms with E-state index in [4.69, 9.17) is 11.6 Å². The number of benzene rings is 2. The van der Waals surface area contributed by atoms with Crippen molar-refractivity contribution in [1.29, 1.82) is 0 Å². The first-order valence-electron chi connectivity index (χ1n) is 6.49. The highest BCUT2D eigenvalue weighted by Gasteiger charge is 2.18. The molecule has 0 saturated carbocycles. The molecule has 1 atom stereocenters. The second-order valence-electron chi connectivity index (χ2n) is 4.79. The molecule has 23 heavy (non-hydrogen) atoms. The van der Waals surface area contributed by atoms with E-state index < -0.39 is 28.5 Å². The van der Waals surface area contributed by atoms with Crippen LogP contribution < -0.4 is 5.32 Å². The highest BCUT2D eigenvalue weighted by Crippen LogP contribution is 2.23. The second-order valence-corrected chi connectivity index (χ2v) is 5.20. The zero-order valence-electron chi connectivity index (χ0n) is 11.8. The Hall–Kier alpha value is -2.54. The highest BCUT2D eigenvalue weighted by atomic mass is 35.5. The van der Waals surface area contributed by atoms with E-state index in [0.29, 0.717) is 5.56 Å². The van der Waals surface area contributed by atoms with Crippen molar-refractivity contribution in [3.05, 3.63) is 74.3 Å². The van der Waals surface area contributed by atoms with Crippen LogP contribution in [0.1, 0.15) is 28.9 Å². The number of nitro groups is 1. The van der Waals surface area contributed by atoms with Gasteiger partial charge in [0.1, 0.15) is 0 Å². The minimum Gasteiger partial charge on any atom is -0.345 e. The molecule has 8 heteroatoms. The van der Waals surface area contributed by atoms with Gasteiger partial charge < -0.3 is 5.32 Å². The first-order chi connectivity index (χ1) is 10.8. The number of hydrogen-bond donors (Lipinski definition) is 1. The molecule has 0 aliphatic carbocycles. The quantitative estimate of drug-likeness (QED) is 0.675. The summed E-state index contributed by atoms with van der Waals surface area (Å²) in [5, 5.41) is 13.3. The van der Waals surface area contributed by atoms with E-state index in [9.17, 15) is 23.7 Å². The number of nitro benzene ring substituents is 1.